The van der Waals surface area contributed by atoms with Gasteiger partial charge in [0.25, 0.3) is 11.6 Å². The quantitative estimate of drug-likeness (QED) is 0.497. The van der Waals surface area contributed by atoms with Gasteiger partial charge in [0.15, 0.2) is 0 Å². The van der Waals surface area contributed by atoms with Crippen LogP contribution in [0.25, 0.3) is 0 Å². The van der Waals surface area contributed by atoms with Crippen LogP contribution in [0.3, 0.4) is 0 Å². The first-order chi connectivity index (χ1) is 8.95. The fourth-order valence-corrected chi connectivity index (χ4v) is 2.02. The van der Waals surface area contributed by atoms with Crippen LogP contribution in [0, 0.1) is 10.1 Å². The molecule has 1 amide bonds. The first-order valence-corrected chi connectivity index (χ1v) is 6.63. The molecule has 0 spiro atoms. The largest absolute Gasteiger partial charge is 0.350 e. The summed E-state index contributed by atoms with van der Waals surface area (Å²) >= 11 is 11.6. The minimum Gasteiger partial charge on any atom is -0.350 e. The molecular weight excluding hydrogens is 291 g/mol. The van der Waals surface area contributed by atoms with Crippen molar-refractivity contribution in [2.75, 3.05) is 6.54 Å². The number of carbonyl (C=O) groups is 1. The average molecular weight is 305 g/mol. The zero-order valence-corrected chi connectivity index (χ0v) is 11.9. The van der Waals surface area contributed by atoms with Crippen LogP contribution in [0.5, 0.6) is 0 Å². The van der Waals surface area contributed by atoms with Crippen LogP contribution in [0.2, 0.25) is 5.02 Å². The number of nitrogens with one attached hydrogen (secondary N) is 1. The molecule has 104 valence electrons. The van der Waals surface area contributed by atoms with Gasteiger partial charge in [-0.3, -0.25) is 14.9 Å². The van der Waals surface area contributed by atoms with Crippen molar-refractivity contribution in [3.63, 3.8) is 0 Å². The smallest absolute Gasteiger partial charge is 0.283 e. The number of halogens is 2. The number of carbonyl (C=O) groups excluding carboxylic acids is 1. The van der Waals surface area contributed by atoms with Crippen molar-refractivity contribution in [1.82, 2.24) is 5.32 Å². The predicted octanol–water partition coefficient (Wildman–Crippen LogP) is 3.39. The minimum atomic E-state index is -0.634. The Morgan fingerprint density at radius 2 is 2.21 bits per heavy atom. The molecule has 0 radical (unpaired) electrons. The molecular formula is C12H14Cl2N2O3. The van der Waals surface area contributed by atoms with Crippen molar-refractivity contribution >= 4 is 34.8 Å². The van der Waals surface area contributed by atoms with E-state index in [9.17, 15) is 14.9 Å². The van der Waals surface area contributed by atoms with Crippen LogP contribution >= 0.6 is 23.2 Å². The van der Waals surface area contributed by atoms with Crippen molar-refractivity contribution in [3.8, 4) is 0 Å². The van der Waals surface area contributed by atoms with Crippen LogP contribution in [0.4, 0.5) is 5.69 Å². The number of benzene rings is 1. The second-order valence-corrected chi connectivity index (χ2v) is 5.07. The van der Waals surface area contributed by atoms with E-state index < -0.39 is 10.8 Å². The summed E-state index contributed by atoms with van der Waals surface area (Å²) in [5.41, 5.74) is -0.332. The molecule has 0 saturated carbocycles. The van der Waals surface area contributed by atoms with Crippen molar-refractivity contribution < 1.29 is 9.72 Å². The number of rotatable bonds is 6. The Labute approximate surface area is 121 Å². The van der Waals surface area contributed by atoms with Gasteiger partial charge in [-0.1, -0.05) is 24.9 Å². The fourth-order valence-electron chi connectivity index (χ4n) is 1.56. The fraction of sp³-hybridized carbons (Fsp3) is 0.417. The van der Waals surface area contributed by atoms with Gasteiger partial charge in [0, 0.05) is 17.6 Å². The second kappa shape index (κ2) is 7.31. The Kier molecular flexibility index (Phi) is 6.05. The molecule has 5 nitrogen and oxygen atoms in total. The monoisotopic (exact) mass is 304 g/mol. The van der Waals surface area contributed by atoms with E-state index in [-0.39, 0.29) is 28.2 Å². The van der Waals surface area contributed by atoms with E-state index in [0.717, 1.165) is 18.9 Å². The van der Waals surface area contributed by atoms with E-state index in [0.29, 0.717) is 0 Å². The number of amides is 1. The lowest BCUT2D eigenvalue weighted by molar-refractivity contribution is -0.385. The van der Waals surface area contributed by atoms with E-state index in [1.165, 1.54) is 12.1 Å². The highest BCUT2D eigenvalue weighted by Crippen LogP contribution is 2.23. The third-order valence-corrected chi connectivity index (χ3v) is 3.09. The number of hydrogen-bond donors (Lipinski definition) is 1. The van der Waals surface area contributed by atoms with Crippen molar-refractivity contribution in [1.29, 1.82) is 0 Å². The van der Waals surface area contributed by atoms with Crippen molar-refractivity contribution in [2.24, 2.45) is 0 Å². The van der Waals surface area contributed by atoms with E-state index >= 15 is 0 Å². The number of nitro benzene ring substituents is 1. The van der Waals surface area contributed by atoms with Gasteiger partial charge in [-0.2, -0.15) is 0 Å². The van der Waals surface area contributed by atoms with E-state index in [4.69, 9.17) is 23.2 Å². The standard InChI is InChI=1S/C12H14Cl2N2O3/c1-2-3-9(14)7-15-12(17)10-5-4-8(13)6-11(10)16(18)19/h4-6,9H,2-3,7H2,1H3,(H,15,17). The molecule has 1 atom stereocenters. The van der Waals surface area contributed by atoms with Gasteiger partial charge in [-0.25, -0.2) is 0 Å². The molecule has 0 aliphatic rings. The lowest BCUT2D eigenvalue weighted by atomic mass is 10.1. The molecule has 7 heteroatoms. The van der Waals surface area contributed by atoms with Crippen molar-refractivity contribution in [2.45, 2.75) is 25.1 Å². The van der Waals surface area contributed by atoms with E-state index in [2.05, 4.69) is 5.32 Å². The van der Waals surface area contributed by atoms with Crippen LogP contribution < -0.4 is 5.32 Å². The topological polar surface area (TPSA) is 72.2 Å². The summed E-state index contributed by atoms with van der Waals surface area (Å²) in [6.07, 6.45) is 1.68. The van der Waals surface area contributed by atoms with Gasteiger partial charge in [0.1, 0.15) is 5.56 Å². The van der Waals surface area contributed by atoms with Crippen molar-refractivity contribution in [3.05, 3.63) is 38.9 Å². The summed E-state index contributed by atoms with van der Waals surface area (Å²) in [4.78, 5) is 22.1. The Hall–Kier alpha value is -1.33. The van der Waals surface area contributed by atoms with Crippen LogP contribution in [-0.4, -0.2) is 22.8 Å². The Morgan fingerprint density at radius 1 is 1.53 bits per heavy atom. The molecule has 0 heterocycles. The summed E-state index contributed by atoms with van der Waals surface area (Å²) in [7, 11) is 0. The van der Waals surface area contributed by atoms with Gasteiger partial charge >= 0.3 is 0 Å². The number of hydrogen-bond acceptors (Lipinski definition) is 3. The first-order valence-electron chi connectivity index (χ1n) is 5.82. The molecule has 1 aromatic rings. The highest BCUT2D eigenvalue weighted by Gasteiger charge is 2.20. The molecule has 1 aromatic carbocycles. The van der Waals surface area contributed by atoms with Gasteiger partial charge < -0.3 is 5.32 Å². The SMILES string of the molecule is CCCC(Cl)CNC(=O)c1ccc(Cl)cc1[N+](=O)[O-]. The molecule has 1 rings (SSSR count). The normalized spacial score (nSPS) is 11.9. The third kappa shape index (κ3) is 4.69. The van der Waals surface area contributed by atoms with Crippen LogP contribution in [0.15, 0.2) is 18.2 Å². The molecule has 0 bridgehead atoms. The summed E-state index contributed by atoms with van der Waals surface area (Å²) in [5.74, 6) is -0.523. The molecule has 0 saturated heterocycles. The molecule has 1 unspecified atom stereocenters. The van der Waals surface area contributed by atoms with Gasteiger partial charge in [0.05, 0.1) is 10.3 Å². The number of nitro groups is 1. The molecule has 1 N–H and O–H groups in total. The number of alkyl halides is 1. The van der Waals surface area contributed by atoms with Crippen LogP contribution in [0.1, 0.15) is 30.1 Å². The summed E-state index contributed by atoms with van der Waals surface area (Å²) < 4.78 is 0. The highest BCUT2D eigenvalue weighted by molar-refractivity contribution is 6.31. The average Bonchev–Trinajstić information content (AvgIpc) is 2.36. The van der Waals surface area contributed by atoms with Gasteiger partial charge in [0.2, 0.25) is 0 Å². The van der Waals surface area contributed by atoms with E-state index in [1.54, 1.807) is 0 Å². The Bertz CT molecular complexity index is 480. The lowest BCUT2D eigenvalue weighted by Crippen LogP contribution is -2.30. The summed E-state index contributed by atoms with van der Waals surface area (Å²) in [6, 6.07) is 3.92. The van der Waals surface area contributed by atoms with E-state index in [1.807, 2.05) is 6.92 Å². The maximum absolute atomic E-state index is 11.9. The summed E-state index contributed by atoms with van der Waals surface area (Å²) in [5, 5.41) is 13.5. The van der Waals surface area contributed by atoms with Gasteiger partial charge in [-0.15, -0.1) is 11.6 Å². The highest BCUT2D eigenvalue weighted by atomic mass is 35.5. The second-order valence-electron chi connectivity index (χ2n) is 4.01. The maximum atomic E-state index is 11.9. The maximum Gasteiger partial charge on any atom is 0.283 e. The molecule has 0 aliphatic carbocycles. The minimum absolute atomic E-state index is 0.0187. The zero-order valence-electron chi connectivity index (χ0n) is 10.4. The van der Waals surface area contributed by atoms with Crippen LogP contribution in [-0.2, 0) is 0 Å². The molecule has 19 heavy (non-hydrogen) atoms. The molecule has 0 fully saturated rings. The Balaban J connectivity index is 2.79. The summed E-state index contributed by atoms with van der Waals surface area (Å²) in [6.45, 7) is 2.26. The number of nitrogens with zero attached hydrogens (tertiary/aromatic N) is 1. The zero-order chi connectivity index (χ0) is 14.4. The molecule has 0 aromatic heterocycles. The molecule has 0 aliphatic heterocycles. The Morgan fingerprint density at radius 3 is 2.79 bits per heavy atom. The lowest BCUT2D eigenvalue weighted by Gasteiger charge is -2.10. The first kappa shape index (κ1) is 15.7. The van der Waals surface area contributed by atoms with Gasteiger partial charge in [-0.05, 0) is 18.6 Å². The third-order valence-electron chi connectivity index (χ3n) is 2.49. The predicted molar refractivity (Wildman–Crippen MR) is 75.0 cm³/mol.